The van der Waals surface area contributed by atoms with Crippen molar-refractivity contribution in [2.45, 2.75) is 91.8 Å². The molecule has 1 fully saturated rings. The summed E-state index contributed by atoms with van der Waals surface area (Å²) in [6.07, 6.45) is 5.44. The lowest BCUT2D eigenvalue weighted by atomic mass is 9.57. The number of carbonyl (C=O) groups is 1. The van der Waals surface area contributed by atoms with Crippen LogP contribution in [-0.2, 0) is 14.0 Å². The van der Waals surface area contributed by atoms with Crippen LogP contribution < -0.4 is 0 Å². The molecule has 2 rings (SSSR count). The summed E-state index contributed by atoms with van der Waals surface area (Å²) in [5, 5.41) is 0.190. The molecule has 0 aromatic carbocycles. The van der Waals surface area contributed by atoms with Gasteiger partial charge in [-0.1, -0.05) is 34.1 Å². The monoisotopic (exact) mass is 366 g/mol. The van der Waals surface area contributed by atoms with Gasteiger partial charge in [0.2, 0.25) is 8.32 Å². The van der Waals surface area contributed by atoms with Crippen LogP contribution in [0.5, 0.6) is 0 Å². The Bertz CT molecular complexity index is 544. The van der Waals surface area contributed by atoms with E-state index in [-0.39, 0.29) is 22.8 Å². The van der Waals surface area contributed by atoms with Gasteiger partial charge in [0.1, 0.15) is 0 Å². The fourth-order valence-corrected chi connectivity index (χ4v) is 5.31. The molecule has 3 atom stereocenters. The summed E-state index contributed by atoms with van der Waals surface area (Å²) in [6, 6.07) is 0. The number of allylic oxidation sites excluding steroid dienone is 2. The van der Waals surface area contributed by atoms with Crippen LogP contribution in [-0.4, -0.2) is 20.9 Å². The Kier molecular flexibility index (Phi) is 5.83. The Balaban J connectivity index is 2.42. The molecule has 0 aromatic heterocycles. The lowest BCUT2D eigenvalue weighted by Crippen LogP contribution is -2.49. The molecule has 0 bridgehead atoms. The van der Waals surface area contributed by atoms with Crippen LogP contribution in [0.1, 0.15) is 73.6 Å². The Labute approximate surface area is 155 Å². The predicted molar refractivity (Wildman–Crippen MR) is 106 cm³/mol. The topological polar surface area (TPSA) is 35.5 Å². The summed E-state index contributed by atoms with van der Waals surface area (Å²) < 4.78 is 12.3. The molecule has 1 saturated carbocycles. The van der Waals surface area contributed by atoms with Gasteiger partial charge < -0.3 is 9.16 Å². The zero-order chi connectivity index (χ0) is 19.0. The maximum Gasteiger partial charge on any atom is 0.312 e. The van der Waals surface area contributed by atoms with Crippen LogP contribution >= 0.6 is 0 Å². The van der Waals surface area contributed by atoms with Crippen molar-refractivity contribution >= 4 is 14.3 Å². The van der Waals surface area contributed by atoms with Crippen molar-refractivity contribution < 1.29 is 14.0 Å². The van der Waals surface area contributed by atoms with Gasteiger partial charge in [-0.3, -0.25) is 4.79 Å². The Hall–Kier alpha value is -0.773. The average molecular weight is 367 g/mol. The minimum atomic E-state index is -1.86. The highest BCUT2D eigenvalue weighted by molar-refractivity contribution is 6.74. The van der Waals surface area contributed by atoms with Gasteiger partial charge in [-0.15, -0.1) is 0 Å². The maximum atomic E-state index is 12.9. The largest absolute Gasteiger partial charge is 0.547 e. The highest BCUT2D eigenvalue weighted by Crippen LogP contribution is 2.55. The van der Waals surface area contributed by atoms with Crippen LogP contribution in [0.2, 0.25) is 18.1 Å². The van der Waals surface area contributed by atoms with Crippen molar-refractivity contribution in [3.8, 4) is 0 Å². The minimum Gasteiger partial charge on any atom is -0.547 e. The smallest absolute Gasteiger partial charge is 0.312 e. The molecular weight excluding hydrogens is 328 g/mol. The van der Waals surface area contributed by atoms with Crippen molar-refractivity contribution in [1.82, 2.24) is 0 Å². The van der Waals surface area contributed by atoms with Crippen molar-refractivity contribution in [2.75, 3.05) is 6.61 Å². The number of hydrogen-bond donors (Lipinski definition) is 0. The van der Waals surface area contributed by atoms with E-state index in [1.165, 1.54) is 24.2 Å². The second-order valence-corrected chi connectivity index (χ2v) is 14.4. The number of ether oxygens (including phenoxy) is 1. The highest BCUT2D eigenvalue weighted by atomic mass is 28.4. The van der Waals surface area contributed by atoms with Gasteiger partial charge in [-0.2, -0.15) is 0 Å². The number of fused-ring (bicyclic) bond motifs is 1. The van der Waals surface area contributed by atoms with Crippen molar-refractivity contribution in [1.29, 1.82) is 0 Å². The van der Waals surface area contributed by atoms with Crippen LogP contribution in [0.3, 0.4) is 0 Å². The van der Waals surface area contributed by atoms with Gasteiger partial charge in [-0.05, 0) is 68.7 Å². The lowest BCUT2D eigenvalue weighted by molar-refractivity contribution is -0.162. The Morgan fingerprint density at radius 2 is 1.92 bits per heavy atom. The SMILES string of the molecule is CCOC(=O)[C@@]1(C)[C@@H](C)CC(O[Si](C)(C)C(C)(C)C)=C2CCCC[C@@H]21. The van der Waals surface area contributed by atoms with Crippen LogP contribution in [0.15, 0.2) is 11.3 Å². The first-order valence-electron chi connectivity index (χ1n) is 10.0. The van der Waals surface area contributed by atoms with E-state index < -0.39 is 13.7 Å². The number of esters is 1. The lowest BCUT2D eigenvalue weighted by Gasteiger charge is -2.49. The average Bonchev–Trinajstić information content (AvgIpc) is 2.51. The van der Waals surface area contributed by atoms with Crippen LogP contribution in [0.25, 0.3) is 0 Å². The summed E-state index contributed by atoms with van der Waals surface area (Å²) in [7, 11) is -1.86. The molecule has 144 valence electrons. The number of hydrogen-bond acceptors (Lipinski definition) is 3. The normalized spacial score (nSPS) is 30.7. The molecule has 0 spiro atoms. The van der Waals surface area contributed by atoms with E-state index in [0.717, 1.165) is 19.3 Å². The molecule has 0 saturated heterocycles. The summed E-state index contributed by atoms with van der Waals surface area (Å²) in [6.45, 7) is 18.2. The van der Waals surface area contributed by atoms with E-state index in [2.05, 4.69) is 47.7 Å². The molecule has 0 amide bonds. The maximum absolute atomic E-state index is 12.9. The third-order valence-corrected chi connectivity index (χ3v) is 11.5. The van der Waals surface area contributed by atoms with Gasteiger partial charge in [0.15, 0.2) is 0 Å². The molecule has 0 aliphatic heterocycles. The van der Waals surface area contributed by atoms with Crippen LogP contribution in [0, 0.1) is 17.3 Å². The number of carbonyl (C=O) groups excluding carboxylic acids is 1. The third kappa shape index (κ3) is 3.69. The second kappa shape index (κ2) is 7.09. The molecular formula is C21H38O3Si. The van der Waals surface area contributed by atoms with Crippen molar-refractivity contribution in [2.24, 2.45) is 17.3 Å². The first-order chi connectivity index (χ1) is 11.4. The van der Waals surface area contributed by atoms with Crippen LogP contribution in [0.4, 0.5) is 0 Å². The van der Waals surface area contributed by atoms with E-state index >= 15 is 0 Å². The molecule has 0 unspecified atom stereocenters. The quantitative estimate of drug-likeness (QED) is 0.448. The van der Waals surface area contributed by atoms with E-state index in [1.807, 2.05) is 6.92 Å². The van der Waals surface area contributed by atoms with Crippen molar-refractivity contribution in [3.63, 3.8) is 0 Å². The second-order valence-electron chi connectivity index (χ2n) is 9.72. The molecule has 0 heterocycles. The molecule has 4 heteroatoms. The molecule has 0 N–H and O–H groups in total. The van der Waals surface area contributed by atoms with Crippen molar-refractivity contribution in [3.05, 3.63) is 11.3 Å². The zero-order valence-electron chi connectivity index (χ0n) is 17.6. The van der Waals surface area contributed by atoms with Gasteiger partial charge in [-0.25, -0.2) is 0 Å². The number of rotatable bonds is 4. The zero-order valence-corrected chi connectivity index (χ0v) is 18.6. The summed E-state index contributed by atoms with van der Waals surface area (Å²) in [4.78, 5) is 12.9. The summed E-state index contributed by atoms with van der Waals surface area (Å²) in [5.41, 5.74) is 1.01. The van der Waals surface area contributed by atoms with Gasteiger partial charge in [0.25, 0.3) is 0 Å². The fourth-order valence-electron chi connectivity index (χ4n) is 4.17. The molecule has 0 aromatic rings. The van der Waals surface area contributed by atoms with Gasteiger partial charge in [0.05, 0.1) is 17.8 Å². The molecule has 2 aliphatic rings. The molecule has 25 heavy (non-hydrogen) atoms. The van der Waals surface area contributed by atoms with Gasteiger partial charge in [0, 0.05) is 6.42 Å². The molecule has 3 nitrogen and oxygen atoms in total. The van der Waals surface area contributed by atoms with E-state index in [0.29, 0.717) is 6.61 Å². The highest BCUT2D eigenvalue weighted by Gasteiger charge is 2.53. The standard InChI is InChI=1S/C21H38O3Si/c1-9-23-19(22)21(6)15(2)14-18(16-12-10-11-13-17(16)21)24-25(7,8)20(3,4)5/h15,17H,9-14H2,1-8H3/t15-,17-,21-/m0/s1. The summed E-state index contributed by atoms with van der Waals surface area (Å²) >= 11 is 0. The van der Waals surface area contributed by atoms with Gasteiger partial charge >= 0.3 is 5.97 Å². The van der Waals surface area contributed by atoms with E-state index in [4.69, 9.17) is 9.16 Å². The Morgan fingerprint density at radius 3 is 2.48 bits per heavy atom. The van der Waals surface area contributed by atoms with E-state index in [1.54, 1.807) is 0 Å². The van der Waals surface area contributed by atoms with E-state index in [9.17, 15) is 4.79 Å². The predicted octanol–water partition coefficient (Wildman–Crippen LogP) is 6.06. The molecule has 2 aliphatic carbocycles. The third-order valence-electron chi connectivity index (χ3n) is 7.11. The first-order valence-corrected chi connectivity index (χ1v) is 12.9. The fraction of sp³-hybridized carbons (Fsp3) is 0.857. The summed E-state index contributed by atoms with van der Waals surface area (Å²) in [5.74, 6) is 1.73. The Morgan fingerprint density at radius 1 is 1.28 bits per heavy atom. The molecule has 0 radical (unpaired) electrons. The minimum absolute atomic E-state index is 0.0155. The first kappa shape index (κ1) is 20.5.